The van der Waals surface area contributed by atoms with Gasteiger partial charge in [0.25, 0.3) is 0 Å². The van der Waals surface area contributed by atoms with Gasteiger partial charge in [0.05, 0.1) is 7.11 Å². The lowest BCUT2D eigenvalue weighted by atomic mass is 10.1. The Kier molecular flexibility index (Phi) is 5.38. The second kappa shape index (κ2) is 6.57. The van der Waals surface area contributed by atoms with Crippen LogP contribution >= 0.6 is 0 Å². The van der Waals surface area contributed by atoms with Crippen LogP contribution in [0.25, 0.3) is 0 Å². The highest BCUT2D eigenvalue weighted by Gasteiger charge is 2.11. The Hall–Kier alpha value is -1.13. The molecule has 0 saturated carbocycles. The minimum atomic E-state index is -0.276. The van der Waals surface area contributed by atoms with E-state index in [0.717, 1.165) is 6.54 Å². The molecule has 3 nitrogen and oxygen atoms in total. The smallest absolute Gasteiger partial charge is 0.169 e. The fraction of sp³-hybridized carbons (Fsp3) is 0.538. The van der Waals surface area contributed by atoms with E-state index in [1.54, 1.807) is 18.2 Å². The van der Waals surface area contributed by atoms with Gasteiger partial charge in [-0.3, -0.25) is 0 Å². The zero-order valence-corrected chi connectivity index (χ0v) is 10.7. The lowest BCUT2D eigenvalue weighted by molar-refractivity contribution is 0.276. The first-order valence-corrected chi connectivity index (χ1v) is 5.78. The molecule has 1 aromatic carbocycles. The second-order valence-electron chi connectivity index (χ2n) is 4.47. The summed E-state index contributed by atoms with van der Waals surface area (Å²) in [4.78, 5) is 2.06. The Morgan fingerprint density at radius 3 is 2.76 bits per heavy atom. The number of benzene rings is 1. The molecule has 96 valence electrons. The van der Waals surface area contributed by atoms with E-state index in [1.807, 2.05) is 7.05 Å². The summed E-state index contributed by atoms with van der Waals surface area (Å²) in [5, 5.41) is 0. The van der Waals surface area contributed by atoms with Crippen LogP contribution in [0.2, 0.25) is 0 Å². The van der Waals surface area contributed by atoms with Crippen LogP contribution in [0.1, 0.15) is 12.5 Å². The van der Waals surface area contributed by atoms with E-state index in [0.29, 0.717) is 30.3 Å². The number of nitrogens with zero attached hydrogens (tertiary/aromatic N) is 1. The maximum absolute atomic E-state index is 13.9. The Bertz CT molecular complexity index is 357. The van der Waals surface area contributed by atoms with Crippen molar-refractivity contribution in [3.63, 3.8) is 0 Å². The van der Waals surface area contributed by atoms with Gasteiger partial charge < -0.3 is 15.4 Å². The third kappa shape index (κ3) is 3.98. The summed E-state index contributed by atoms with van der Waals surface area (Å²) >= 11 is 0. The first-order valence-electron chi connectivity index (χ1n) is 5.78. The molecule has 0 aliphatic rings. The highest BCUT2D eigenvalue weighted by atomic mass is 19.1. The molecule has 0 aliphatic carbocycles. The van der Waals surface area contributed by atoms with Gasteiger partial charge in [0, 0.05) is 18.7 Å². The molecule has 0 fully saturated rings. The van der Waals surface area contributed by atoms with Crippen LogP contribution < -0.4 is 10.5 Å². The average molecular weight is 240 g/mol. The summed E-state index contributed by atoms with van der Waals surface area (Å²) < 4.78 is 18.8. The van der Waals surface area contributed by atoms with E-state index in [2.05, 4.69) is 11.8 Å². The summed E-state index contributed by atoms with van der Waals surface area (Å²) in [5.74, 6) is 0.429. The minimum Gasteiger partial charge on any atom is -0.494 e. The Labute approximate surface area is 102 Å². The molecule has 0 aromatic heterocycles. The van der Waals surface area contributed by atoms with E-state index in [9.17, 15) is 4.39 Å². The molecule has 0 radical (unpaired) electrons. The van der Waals surface area contributed by atoms with Crippen LogP contribution in [0.3, 0.4) is 0 Å². The Morgan fingerprint density at radius 2 is 2.18 bits per heavy atom. The quantitative estimate of drug-likeness (QED) is 0.825. The van der Waals surface area contributed by atoms with Crippen molar-refractivity contribution in [2.75, 3.05) is 27.2 Å². The molecule has 2 N–H and O–H groups in total. The van der Waals surface area contributed by atoms with Gasteiger partial charge in [-0.2, -0.15) is 0 Å². The zero-order valence-electron chi connectivity index (χ0n) is 10.7. The van der Waals surface area contributed by atoms with Crippen molar-refractivity contribution >= 4 is 0 Å². The molecular weight excluding hydrogens is 219 g/mol. The summed E-state index contributed by atoms with van der Waals surface area (Å²) in [7, 11) is 3.44. The van der Waals surface area contributed by atoms with E-state index < -0.39 is 0 Å². The van der Waals surface area contributed by atoms with Gasteiger partial charge in [0.1, 0.15) is 0 Å². The summed E-state index contributed by atoms with van der Waals surface area (Å²) in [6.07, 6.45) is 0. The number of methoxy groups -OCH3 is 1. The van der Waals surface area contributed by atoms with E-state index in [-0.39, 0.29) is 5.82 Å². The standard InChI is InChI=1S/C13H21FN2O/c1-10(7-15)8-16(2)9-11-5-4-6-12(17-3)13(11)14/h4-6,10H,7-9,15H2,1-3H3. The van der Waals surface area contributed by atoms with Crippen LogP contribution in [-0.2, 0) is 6.54 Å². The monoisotopic (exact) mass is 240 g/mol. The van der Waals surface area contributed by atoms with Crippen molar-refractivity contribution in [1.82, 2.24) is 4.90 Å². The van der Waals surface area contributed by atoms with Gasteiger partial charge in [-0.25, -0.2) is 4.39 Å². The molecule has 17 heavy (non-hydrogen) atoms. The summed E-state index contributed by atoms with van der Waals surface area (Å²) in [5.41, 5.74) is 6.22. The van der Waals surface area contributed by atoms with Gasteiger partial charge in [-0.05, 0) is 25.6 Å². The Morgan fingerprint density at radius 1 is 1.47 bits per heavy atom. The van der Waals surface area contributed by atoms with Crippen molar-refractivity contribution in [3.05, 3.63) is 29.6 Å². The second-order valence-corrected chi connectivity index (χ2v) is 4.47. The Balaban J connectivity index is 2.68. The van der Waals surface area contributed by atoms with E-state index in [1.165, 1.54) is 7.11 Å². The fourth-order valence-corrected chi connectivity index (χ4v) is 1.80. The molecule has 0 bridgehead atoms. The highest BCUT2D eigenvalue weighted by molar-refractivity contribution is 5.30. The molecule has 0 amide bonds. The SMILES string of the molecule is COc1cccc(CN(C)CC(C)CN)c1F. The van der Waals surface area contributed by atoms with E-state index in [4.69, 9.17) is 10.5 Å². The molecule has 0 aliphatic heterocycles. The third-order valence-electron chi connectivity index (χ3n) is 2.73. The van der Waals surface area contributed by atoms with Gasteiger partial charge >= 0.3 is 0 Å². The molecule has 0 saturated heterocycles. The van der Waals surface area contributed by atoms with Crippen LogP contribution in [0.15, 0.2) is 18.2 Å². The molecule has 0 spiro atoms. The van der Waals surface area contributed by atoms with Gasteiger partial charge in [-0.1, -0.05) is 19.1 Å². The normalized spacial score (nSPS) is 12.8. The number of rotatable bonds is 6. The number of hydrogen-bond acceptors (Lipinski definition) is 3. The minimum absolute atomic E-state index is 0.276. The molecule has 0 heterocycles. The summed E-state index contributed by atoms with van der Waals surface area (Å²) in [6, 6.07) is 5.21. The number of nitrogens with two attached hydrogens (primary N) is 1. The van der Waals surface area contributed by atoms with Gasteiger partial charge in [-0.15, -0.1) is 0 Å². The zero-order chi connectivity index (χ0) is 12.8. The maximum Gasteiger partial charge on any atom is 0.169 e. The van der Waals surface area contributed by atoms with Crippen molar-refractivity contribution < 1.29 is 9.13 Å². The first-order chi connectivity index (χ1) is 8.08. The van der Waals surface area contributed by atoms with Crippen molar-refractivity contribution in [3.8, 4) is 5.75 Å². The summed E-state index contributed by atoms with van der Waals surface area (Å²) in [6.45, 7) is 4.14. The number of halogens is 1. The molecule has 1 rings (SSSR count). The largest absolute Gasteiger partial charge is 0.494 e. The van der Waals surface area contributed by atoms with Crippen molar-refractivity contribution in [2.24, 2.45) is 11.7 Å². The van der Waals surface area contributed by atoms with Gasteiger partial charge in [0.2, 0.25) is 0 Å². The molecule has 4 heteroatoms. The van der Waals surface area contributed by atoms with Gasteiger partial charge in [0.15, 0.2) is 11.6 Å². The molecule has 1 aromatic rings. The topological polar surface area (TPSA) is 38.5 Å². The van der Waals surface area contributed by atoms with E-state index >= 15 is 0 Å². The molecule has 1 atom stereocenters. The van der Waals surface area contributed by atoms with Crippen LogP contribution in [0.5, 0.6) is 5.75 Å². The van der Waals surface area contributed by atoms with Crippen molar-refractivity contribution in [1.29, 1.82) is 0 Å². The van der Waals surface area contributed by atoms with Crippen LogP contribution in [-0.4, -0.2) is 32.1 Å². The predicted octanol–water partition coefficient (Wildman–Crippen LogP) is 1.86. The van der Waals surface area contributed by atoms with Crippen LogP contribution in [0.4, 0.5) is 4.39 Å². The third-order valence-corrected chi connectivity index (χ3v) is 2.73. The number of hydrogen-bond donors (Lipinski definition) is 1. The lowest BCUT2D eigenvalue weighted by Gasteiger charge is -2.20. The lowest BCUT2D eigenvalue weighted by Crippen LogP contribution is -2.28. The molecule has 1 unspecified atom stereocenters. The molecular formula is C13H21FN2O. The fourth-order valence-electron chi connectivity index (χ4n) is 1.80. The predicted molar refractivity (Wildman–Crippen MR) is 67.5 cm³/mol. The first kappa shape index (κ1) is 13.9. The van der Waals surface area contributed by atoms with Crippen LogP contribution in [0, 0.1) is 11.7 Å². The average Bonchev–Trinajstić information content (AvgIpc) is 2.31. The maximum atomic E-state index is 13.9. The highest BCUT2D eigenvalue weighted by Crippen LogP contribution is 2.20. The van der Waals surface area contributed by atoms with Crippen molar-refractivity contribution in [2.45, 2.75) is 13.5 Å². The number of ether oxygens (including phenoxy) is 1.